The molecule has 0 saturated carbocycles. The Balaban J connectivity index is 2.05. The van der Waals surface area contributed by atoms with Crippen molar-refractivity contribution >= 4 is 0 Å². The third kappa shape index (κ3) is 2.02. The molecule has 2 heterocycles. The highest BCUT2D eigenvalue weighted by Gasteiger charge is 2.26. The molecule has 3 nitrogen and oxygen atoms in total. The molecular formula is C16H21NO2. The van der Waals surface area contributed by atoms with E-state index in [0.29, 0.717) is 0 Å². The average molecular weight is 259 g/mol. The fraction of sp³-hybridized carbons (Fsp3) is 0.500. The maximum Gasteiger partial charge on any atom is 0.126 e. The average Bonchev–Trinajstić information content (AvgIpc) is 2.93. The van der Waals surface area contributed by atoms with E-state index in [-0.39, 0.29) is 12.1 Å². The van der Waals surface area contributed by atoms with Crippen molar-refractivity contribution in [2.45, 2.75) is 52.2 Å². The van der Waals surface area contributed by atoms with Gasteiger partial charge in [0.2, 0.25) is 0 Å². The maximum atomic E-state index is 10.1. The van der Waals surface area contributed by atoms with Crippen LogP contribution in [-0.2, 0) is 6.42 Å². The van der Waals surface area contributed by atoms with E-state index in [4.69, 9.17) is 4.42 Å². The molecule has 3 rings (SSSR count). The number of hydrogen-bond acceptors (Lipinski definition) is 2. The normalized spacial score (nSPS) is 20.3. The molecule has 1 N–H and O–H groups in total. The Labute approximate surface area is 113 Å². The smallest absolute Gasteiger partial charge is 0.126 e. The zero-order chi connectivity index (χ0) is 13.6. The van der Waals surface area contributed by atoms with Crippen LogP contribution in [0.4, 0.5) is 0 Å². The molecule has 0 aliphatic heterocycles. The predicted molar refractivity (Wildman–Crippen MR) is 74.3 cm³/mol. The molecule has 1 aliphatic carbocycles. The Hall–Kier alpha value is -1.48. The number of nitrogens with zero attached hydrogens (tertiary/aromatic N) is 1. The van der Waals surface area contributed by atoms with Crippen molar-refractivity contribution in [2.24, 2.45) is 0 Å². The minimum Gasteiger partial charge on any atom is -0.464 e. The van der Waals surface area contributed by atoms with E-state index in [1.165, 1.54) is 11.4 Å². The van der Waals surface area contributed by atoms with Crippen molar-refractivity contribution in [2.75, 3.05) is 0 Å². The van der Waals surface area contributed by atoms with Gasteiger partial charge >= 0.3 is 0 Å². The van der Waals surface area contributed by atoms with Gasteiger partial charge in [0, 0.05) is 17.0 Å². The summed E-state index contributed by atoms with van der Waals surface area (Å²) in [6, 6.07) is 6.37. The largest absolute Gasteiger partial charge is 0.464 e. The van der Waals surface area contributed by atoms with E-state index in [0.717, 1.165) is 36.3 Å². The van der Waals surface area contributed by atoms with Crippen molar-refractivity contribution in [3.63, 3.8) is 0 Å². The van der Waals surface area contributed by atoms with Gasteiger partial charge in [0.15, 0.2) is 0 Å². The van der Waals surface area contributed by atoms with Gasteiger partial charge in [0.05, 0.1) is 12.1 Å². The van der Waals surface area contributed by atoms with Crippen molar-refractivity contribution in [1.82, 2.24) is 4.57 Å². The SMILES string of the molecule is Cc1ccc(C(C)n2c(C)cc3c2CCCC3O)o1. The molecule has 3 heteroatoms. The number of aliphatic hydroxyl groups excluding tert-OH is 1. The highest BCUT2D eigenvalue weighted by atomic mass is 16.3. The molecule has 0 aromatic carbocycles. The molecule has 19 heavy (non-hydrogen) atoms. The molecule has 2 unspecified atom stereocenters. The number of aryl methyl sites for hydroxylation is 2. The Morgan fingerprint density at radius 1 is 1.37 bits per heavy atom. The van der Waals surface area contributed by atoms with E-state index in [2.05, 4.69) is 24.5 Å². The van der Waals surface area contributed by atoms with Gasteiger partial charge in [-0.25, -0.2) is 0 Å². The molecule has 102 valence electrons. The number of rotatable bonds is 2. The van der Waals surface area contributed by atoms with Crippen LogP contribution in [-0.4, -0.2) is 9.67 Å². The Morgan fingerprint density at radius 2 is 2.16 bits per heavy atom. The minimum atomic E-state index is -0.297. The third-order valence-corrected chi connectivity index (χ3v) is 4.18. The molecule has 0 saturated heterocycles. The van der Waals surface area contributed by atoms with Gasteiger partial charge in [0.25, 0.3) is 0 Å². The van der Waals surface area contributed by atoms with Gasteiger partial charge in [-0.2, -0.15) is 0 Å². The Kier molecular flexibility index (Phi) is 3.02. The highest BCUT2D eigenvalue weighted by molar-refractivity contribution is 5.33. The number of aliphatic hydroxyl groups is 1. The van der Waals surface area contributed by atoms with E-state index >= 15 is 0 Å². The zero-order valence-electron chi connectivity index (χ0n) is 11.8. The van der Waals surface area contributed by atoms with Crippen LogP contribution in [0.25, 0.3) is 0 Å². The van der Waals surface area contributed by atoms with E-state index < -0.39 is 0 Å². The van der Waals surface area contributed by atoms with Gasteiger partial charge in [-0.1, -0.05) is 0 Å². The van der Waals surface area contributed by atoms with Crippen molar-refractivity contribution < 1.29 is 9.52 Å². The van der Waals surface area contributed by atoms with Crippen LogP contribution in [0.1, 0.15) is 60.4 Å². The summed E-state index contributed by atoms with van der Waals surface area (Å²) < 4.78 is 8.07. The number of fused-ring (bicyclic) bond motifs is 1. The zero-order valence-corrected chi connectivity index (χ0v) is 11.8. The van der Waals surface area contributed by atoms with E-state index in [1.807, 2.05) is 19.1 Å². The quantitative estimate of drug-likeness (QED) is 0.893. The molecule has 2 atom stereocenters. The minimum absolute atomic E-state index is 0.183. The second-order valence-electron chi connectivity index (χ2n) is 5.59. The molecule has 0 bridgehead atoms. The molecule has 0 fully saturated rings. The van der Waals surface area contributed by atoms with Gasteiger partial charge in [-0.15, -0.1) is 0 Å². The summed E-state index contributed by atoms with van der Waals surface area (Å²) in [5.41, 5.74) is 3.59. The van der Waals surface area contributed by atoms with Crippen LogP contribution in [0.3, 0.4) is 0 Å². The lowest BCUT2D eigenvalue weighted by molar-refractivity contribution is 0.155. The van der Waals surface area contributed by atoms with Crippen molar-refractivity contribution in [3.8, 4) is 0 Å². The summed E-state index contributed by atoms with van der Waals surface area (Å²) in [6.07, 6.45) is 2.69. The fourth-order valence-corrected chi connectivity index (χ4v) is 3.25. The predicted octanol–water partition coefficient (Wildman–Crippen LogP) is 3.68. The molecule has 0 radical (unpaired) electrons. The second kappa shape index (κ2) is 4.57. The first kappa shape index (κ1) is 12.5. The Bertz CT molecular complexity index is 594. The topological polar surface area (TPSA) is 38.3 Å². The van der Waals surface area contributed by atoms with Gasteiger partial charge < -0.3 is 14.1 Å². The van der Waals surface area contributed by atoms with Crippen LogP contribution < -0.4 is 0 Å². The summed E-state index contributed by atoms with van der Waals surface area (Å²) in [7, 11) is 0. The summed E-state index contributed by atoms with van der Waals surface area (Å²) in [5, 5.41) is 10.1. The number of hydrogen-bond donors (Lipinski definition) is 1. The van der Waals surface area contributed by atoms with Crippen LogP contribution in [0.5, 0.6) is 0 Å². The molecule has 0 spiro atoms. The summed E-state index contributed by atoms with van der Waals surface area (Å²) >= 11 is 0. The first-order valence-corrected chi connectivity index (χ1v) is 7.03. The molecule has 0 amide bonds. The van der Waals surface area contributed by atoms with Crippen molar-refractivity contribution in [1.29, 1.82) is 0 Å². The summed E-state index contributed by atoms with van der Waals surface area (Å²) in [5.74, 6) is 1.93. The van der Waals surface area contributed by atoms with E-state index in [1.54, 1.807) is 0 Å². The monoisotopic (exact) mass is 259 g/mol. The lowest BCUT2D eigenvalue weighted by atomic mass is 9.95. The van der Waals surface area contributed by atoms with Crippen molar-refractivity contribution in [3.05, 3.63) is 46.7 Å². The molecule has 1 aliphatic rings. The Morgan fingerprint density at radius 3 is 2.84 bits per heavy atom. The van der Waals surface area contributed by atoms with Crippen LogP contribution in [0, 0.1) is 13.8 Å². The first-order valence-electron chi connectivity index (χ1n) is 7.03. The number of aromatic nitrogens is 1. The van der Waals surface area contributed by atoms with Crippen LogP contribution in [0.2, 0.25) is 0 Å². The van der Waals surface area contributed by atoms with Gasteiger partial charge in [0.1, 0.15) is 11.5 Å². The van der Waals surface area contributed by atoms with Crippen LogP contribution >= 0.6 is 0 Å². The number of furan rings is 1. The van der Waals surface area contributed by atoms with Gasteiger partial charge in [-0.05, 0) is 58.2 Å². The second-order valence-corrected chi connectivity index (χ2v) is 5.59. The highest BCUT2D eigenvalue weighted by Crippen LogP contribution is 2.35. The van der Waals surface area contributed by atoms with Crippen LogP contribution in [0.15, 0.2) is 22.6 Å². The summed E-state index contributed by atoms with van der Waals surface area (Å²) in [4.78, 5) is 0. The van der Waals surface area contributed by atoms with Gasteiger partial charge in [-0.3, -0.25) is 0 Å². The third-order valence-electron chi connectivity index (χ3n) is 4.18. The molecular weight excluding hydrogens is 238 g/mol. The first-order chi connectivity index (χ1) is 9.08. The standard InChI is InChI=1S/C16H21NO2/c1-10-9-13-14(5-4-6-15(13)18)17(10)12(3)16-8-7-11(2)19-16/h7-9,12,15,18H,4-6H2,1-3H3. The fourth-order valence-electron chi connectivity index (χ4n) is 3.25. The molecule has 2 aromatic rings. The lowest BCUT2D eigenvalue weighted by Crippen LogP contribution is -2.15. The van der Waals surface area contributed by atoms with E-state index in [9.17, 15) is 5.11 Å². The maximum absolute atomic E-state index is 10.1. The summed E-state index contributed by atoms with van der Waals surface area (Å²) in [6.45, 7) is 6.24. The lowest BCUT2D eigenvalue weighted by Gasteiger charge is -2.23. The molecule has 2 aromatic heterocycles.